The first-order valence-electron chi connectivity index (χ1n) is 10.0. The van der Waals surface area contributed by atoms with Crippen molar-refractivity contribution in [3.63, 3.8) is 0 Å². The highest BCUT2D eigenvalue weighted by atomic mass is 16.4. The molecule has 0 saturated carbocycles. The SMILES string of the molecule is CC(C)CC(NC(=O)C(CC(N)=O)NC(=O)C(N)C(C)O)C(=O)NC(C(=O)O)C(C)C. The lowest BCUT2D eigenvalue weighted by Gasteiger charge is -2.26. The monoisotopic (exact) mass is 445 g/mol. The van der Waals surface area contributed by atoms with Crippen LogP contribution in [0.25, 0.3) is 0 Å². The van der Waals surface area contributed by atoms with E-state index in [4.69, 9.17) is 11.5 Å². The van der Waals surface area contributed by atoms with Gasteiger partial charge in [0.15, 0.2) is 0 Å². The number of amides is 4. The number of hydrogen-bond donors (Lipinski definition) is 7. The maximum Gasteiger partial charge on any atom is 0.326 e. The highest BCUT2D eigenvalue weighted by Crippen LogP contribution is 2.09. The van der Waals surface area contributed by atoms with Gasteiger partial charge in [-0.15, -0.1) is 0 Å². The van der Waals surface area contributed by atoms with Crippen molar-refractivity contribution in [2.24, 2.45) is 23.3 Å². The topological polar surface area (TPSA) is 214 Å². The Balaban J connectivity index is 5.54. The standard InChI is InChI=1S/C19H35N5O7/c1-8(2)6-11(17(28)24-15(9(3)4)19(30)31)22-16(27)12(7-13(20)26)23-18(29)14(21)10(5)25/h8-12,14-15,25H,6-7,21H2,1-5H3,(H2,20,26)(H,22,27)(H,23,29)(H,24,28)(H,30,31). The van der Waals surface area contributed by atoms with Crippen LogP contribution in [0.5, 0.6) is 0 Å². The van der Waals surface area contributed by atoms with Gasteiger partial charge in [0.25, 0.3) is 0 Å². The van der Waals surface area contributed by atoms with Gasteiger partial charge in [-0.25, -0.2) is 4.79 Å². The second-order valence-corrected chi connectivity index (χ2v) is 8.26. The molecular weight excluding hydrogens is 410 g/mol. The largest absolute Gasteiger partial charge is 0.480 e. The van der Waals surface area contributed by atoms with Gasteiger partial charge in [0.1, 0.15) is 24.2 Å². The zero-order valence-electron chi connectivity index (χ0n) is 18.5. The molecule has 0 rings (SSSR count). The number of aliphatic hydroxyl groups excluding tert-OH is 1. The van der Waals surface area contributed by atoms with E-state index in [1.165, 1.54) is 6.92 Å². The van der Waals surface area contributed by atoms with Gasteiger partial charge in [-0.2, -0.15) is 0 Å². The molecule has 31 heavy (non-hydrogen) atoms. The summed E-state index contributed by atoms with van der Waals surface area (Å²) in [5.74, 6) is -5.03. The molecule has 4 amide bonds. The minimum atomic E-state index is -1.43. The molecule has 12 nitrogen and oxygen atoms in total. The van der Waals surface area contributed by atoms with Gasteiger partial charge in [-0.3, -0.25) is 19.2 Å². The van der Waals surface area contributed by atoms with Crippen LogP contribution in [0.1, 0.15) is 47.5 Å². The number of carboxylic acid groups (broad SMARTS) is 1. The fraction of sp³-hybridized carbons (Fsp3) is 0.737. The Labute approximate surface area is 181 Å². The van der Waals surface area contributed by atoms with E-state index in [1.807, 2.05) is 0 Å². The Kier molecular flexibility index (Phi) is 11.7. The van der Waals surface area contributed by atoms with Crippen molar-refractivity contribution >= 4 is 29.6 Å². The average molecular weight is 446 g/mol. The fourth-order valence-corrected chi connectivity index (χ4v) is 2.64. The second kappa shape index (κ2) is 12.8. The number of nitrogens with two attached hydrogens (primary N) is 2. The minimum absolute atomic E-state index is 0.0498. The third-order valence-corrected chi connectivity index (χ3v) is 4.43. The summed E-state index contributed by atoms with van der Waals surface area (Å²) in [5, 5.41) is 25.8. The molecule has 0 radical (unpaired) electrons. The zero-order chi connectivity index (χ0) is 24.5. The fourth-order valence-electron chi connectivity index (χ4n) is 2.64. The van der Waals surface area contributed by atoms with Gasteiger partial charge in [0, 0.05) is 0 Å². The third-order valence-electron chi connectivity index (χ3n) is 4.43. The van der Waals surface area contributed by atoms with Crippen LogP contribution in [0.3, 0.4) is 0 Å². The zero-order valence-corrected chi connectivity index (χ0v) is 18.5. The summed E-state index contributed by atoms with van der Waals surface area (Å²) < 4.78 is 0. The van der Waals surface area contributed by atoms with Gasteiger partial charge < -0.3 is 37.6 Å². The van der Waals surface area contributed by atoms with Crippen LogP contribution in [0, 0.1) is 11.8 Å². The molecule has 0 spiro atoms. The smallest absolute Gasteiger partial charge is 0.326 e. The van der Waals surface area contributed by atoms with E-state index in [2.05, 4.69) is 16.0 Å². The Morgan fingerprint density at radius 2 is 1.32 bits per heavy atom. The van der Waals surface area contributed by atoms with E-state index in [9.17, 15) is 34.2 Å². The maximum absolute atomic E-state index is 12.7. The lowest BCUT2D eigenvalue weighted by molar-refractivity contribution is -0.143. The molecule has 0 aliphatic heterocycles. The summed E-state index contributed by atoms with van der Waals surface area (Å²) >= 11 is 0. The van der Waals surface area contributed by atoms with E-state index in [-0.39, 0.29) is 12.3 Å². The molecule has 0 aliphatic rings. The van der Waals surface area contributed by atoms with Crippen molar-refractivity contribution in [1.29, 1.82) is 0 Å². The average Bonchev–Trinajstić information content (AvgIpc) is 2.62. The van der Waals surface area contributed by atoms with Crippen LogP contribution >= 0.6 is 0 Å². The molecule has 0 saturated heterocycles. The number of aliphatic hydroxyl groups is 1. The highest BCUT2D eigenvalue weighted by molar-refractivity contribution is 5.96. The molecule has 0 aromatic carbocycles. The normalized spacial score (nSPS) is 16.0. The number of rotatable bonds is 13. The number of nitrogens with one attached hydrogen (secondary N) is 3. The quantitative estimate of drug-likeness (QED) is 0.165. The van der Waals surface area contributed by atoms with Gasteiger partial charge in [-0.1, -0.05) is 27.7 Å². The van der Waals surface area contributed by atoms with Crippen molar-refractivity contribution < 1.29 is 34.2 Å². The van der Waals surface area contributed by atoms with E-state index in [0.717, 1.165) is 0 Å². The van der Waals surface area contributed by atoms with Gasteiger partial charge >= 0.3 is 5.97 Å². The van der Waals surface area contributed by atoms with Crippen molar-refractivity contribution in [3.05, 3.63) is 0 Å². The van der Waals surface area contributed by atoms with Crippen molar-refractivity contribution in [3.8, 4) is 0 Å². The van der Waals surface area contributed by atoms with E-state index in [1.54, 1.807) is 27.7 Å². The number of primary amides is 1. The Hall–Kier alpha value is -2.73. The predicted molar refractivity (Wildman–Crippen MR) is 111 cm³/mol. The summed E-state index contributed by atoms with van der Waals surface area (Å²) in [4.78, 5) is 60.2. The van der Waals surface area contributed by atoms with Gasteiger partial charge in [-0.05, 0) is 25.2 Å². The first kappa shape index (κ1) is 28.3. The molecular formula is C19H35N5O7. The summed E-state index contributed by atoms with van der Waals surface area (Å²) in [5.41, 5.74) is 10.7. The second-order valence-electron chi connectivity index (χ2n) is 8.26. The number of aliphatic carboxylic acids is 1. The maximum atomic E-state index is 12.7. The highest BCUT2D eigenvalue weighted by Gasteiger charge is 2.32. The molecule has 178 valence electrons. The van der Waals surface area contributed by atoms with Crippen LogP contribution in [0.4, 0.5) is 0 Å². The number of carbonyl (C=O) groups is 5. The Morgan fingerprint density at radius 3 is 1.71 bits per heavy atom. The third kappa shape index (κ3) is 10.2. The summed E-state index contributed by atoms with van der Waals surface area (Å²) in [6.45, 7) is 8.13. The number of carboxylic acids is 1. The summed E-state index contributed by atoms with van der Waals surface area (Å²) in [7, 11) is 0. The van der Waals surface area contributed by atoms with Crippen LogP contribution in [0.2, 0.25) is 0 Å². The first-order valence-corrected chi connectivity index (χ1v) is 10.0. The molecule has 0 bridgehead atoms. The van der Waals surface area contributed by atoms with E-state index >= 15 is 0 Å². The molecule has 0 fully saturated rings. The van der Waals surface area contributed by atoms with Crippen molar-refractivity contribution in [2.75, 3.05) is 0 Å². The van der Waals surface area contributed by atoms with Crippen LogP contribution in [0.15, 0.2) is 0 Å². The Morgan fingerprint density at radius 1 is 0.839 bits per heavy atom. The number of carbonyl (C=O) groups excluding carboxylic acids is 4. The van der Waals surface area contributed by atoms with Crippen LogP contribution in [-0.2, 0) is 24.0 Å². The molecule has 5 unspecified atom stereocenters. The molecule has 9 N–H and O–H groups in total. The molecule has 5 atom stereocenters. The first-order chi connectivity index (χ1) is 14.2. The minimum Gasteiger partial charge on any atom is -0.480 e. The van der Waals surface area contributed by atoms with Crippen molar-refractivity contribution in [2.45, 2.75) is 77.7 Å². The van der Waals surface area contributed by atoms with Gasteiger partial charge in [0.2, 0.25) is 23.6 Å². The van der Waals surface area contributed by atoms with E-state index in [0.29, 0.717) is 0 Å². The summed E-state index contributed by atoms with van der Waals surface area (Å²) in [6, 6.07) is -5.06. The molecule has 0 heterocycles. The molecule has 12 heteroatoms. The van der Waals surface area contributed by atoms with E-state index < -0.39 is 72.2 Å². The van der Waals surface area contributed by atoms with Crippen LogP contribution < -0.4 is 27.4 Å². The number of hydrogen-bond acceptors (Lipinski definition) is 7. The molecule has 0 aliphatic carbocycles. The Bertz CT molecular complexity index is 666. The molecule has 0 aromatic rings. The lowest BCUT2D eigenvalue weighted by Crippen LogP contribution is -2.59. The van der Waals surface area contributed by atoms with Crippen molar-refractivity contribution in [1.82, 2.24) is 16.0 Å². The van der Waals surface area contributed by atoms with Crippen LogP contribution in [-0.4, -0.2) is 70.1 Å². The van der Waals surface area contributed by atoms with Gasteiger partial charge in [0.05, 0.1) is 12.5 Å². The predicted octanol–water partition coefficient (Wildman–Crippen LogP) is -2.19. The summed E-state index contributed by atoms with van der Waals surface area (Å²) in [6.07, 6.45) is -1.60. The lowest BCUT2D eigenvalue weighted by atomic mass is 10.00. The molecule has 0 aromatic heterocycles.